The zero-order chi connectivity index (χ0) is 12.1. The van der Waals surface area contributed by atoms with Gasteiger partial charge >= 0.3 is 12.3 Å². The van der Waals surface area contributed by atoms with Crippen molar-refractivity contribution in [3.63, 3.8) is 0 Å². The van der Waals surface area contributed by atoms with Crippen LogP contribution < -0.4 is 5.73 Å². The molecule has 0 saturated carbocycles. The van der Waals surface area contributed by atoms with E-state index in [1.54, 1.807) is 0 Å². The summed E-state index contributed by atoms with van der Waals surface area (Å²) in [5.74, 6) is -4.66. The lowest BCUT2D eigenvalue weighted by atomic mass is 10.2. The van der Waals surface area contributed by atoms with Crippen LogP contribution in [-0.2, 0) is 4.74 Å². The Kier molecular flexibility index (Phi) is 5.34. The molecule has 0 radical (unpaired) electrons. The summed E-state index contributed by atoms with van der Waals surface area (Å²) < 4.78 is 52.6. The van der Waals surface area contributed by atoms with Crippen LogP contribution in [0.2, 0.25) is 0 Å². The highest BCUT2D eigenvalue weighted by atomic mass is 19.3. The average Bonchev–Trinajstić information content (AvgIpc) is 2.17. The van der Waals surface area contributed by atoms with E-state index in [1.165, 1.54) is 6.92 Å². The van der Waals surface area contributed by atoms with E-state index in [1.807, 2.05) is 0 Å². The van der Waals surface area contributed by atoms with Gasteiger partial charge in [0, 0.05) is 0 Å². The van der Waals surface area contributed by atoms with Gasteiger partial charge in [-0.3, -0.25) is 0 Å². The third-order valence-corrected chi connectivity index (χ3v) is 1.61. The molecule has 15 heavy (non-hydrogen) atoms. The zero-order valence-electron chi connectivity index (χ0n) is 7.96. The highest BCUT2D eigenvalue weighted by Crippen LogP contribution is 2.23. The molecular weight excluding hydrogens is 220 g/mol. The Labute approximate surface area is 83.7 Å². The number of amidine groups is 1. The Morgan fingerprint density at radius 1 is 1.53 bits per heavy atom. The summed E-state index contributed by atoms with van der Waals surface area (Å²) >= 11 is 0. The summed E-state index contributed by atoms with van der Waals surface area (Å²) in [4.78, 5) is 0. The Balaban J connectivity index is 4.24. The minimum Gasteiger partial charge on any atom is -0.409 e. The molecular formula is C7H12F4N2O2. The van der Waals surface area contributed by atoms with Gasteiger partial charge in [-0.25, -0.2) is 8.78 Å². The van der Waals surface area contributed by atoms with Crippen molar-refractivity contribution in [3.05, 3.63) is 0 Å². The number of ether oxygens (including phenoxy) is 1. The van der Waals surface area contributed by atoms with Crippen molar-refractivity contribution < 1.29 is 27.5 Å². The summed E-state index contributed by atoms with van der Waals surface area (Å²) in [7, 11) is 0. The van der Waals surface area contributed by atoms with Crippen LogP contribution in [0.3, 0.4) is 0 Å². The van der Waals surface area contributed by atoms with E-state index < -0.39 is 30.9 Å². The summed E-state index contributed by atoms with van der Waals surface area (Å²) in [6.45, 7) is 0.0443. The maximum Gasteiger partial charge on any atom is 0.330 e. The molecule has 0 aliphatic heterocycles. The first kappa shape index (κ1) is 13.9. The van der Waals surface area contributed by atoms with Crippen molar-refractivity contribution in [2.24, 2.45) is 10.9 Å². The van der Waals surface area contributed by atoms with Crippen LogP contribution in [0.25, 0.3) is 0 Å². The van der Waals surface area contributed by atoms with Crippen molar-refractivity contribution >= 4 is 5.84 Å². The van der Waals surface area contributed by atoms with Gasteiger partial charge < -0.3 is 15.7 Å². The maximum absolute atomic E-state index is 12.4. The molecule has 0 aromatic rings. The number of halogens is 4. The minimum absolute atomic E-state index is 0.134. The van der Waals surface area contributed by atoms with Crippen molar-refractivity contribution in [2.75, 3.05) is 6.61 Å². The van der Waals surface area contributed by atoms with Gasteiger partial charge in [0.15, 0.2) is 5.84 Å². The Bertz CT molecular complexity index is 223. The second-order valence-electron chi connectivity index (χ2n) is 2.79. The first-order valence-electron chi connectivity index (χ1n) is 4.10. The molecule has 0 rings (SSSR count). The first-order valence-corrected chi connectivity index (χ1v) is 4.10. The lowest BCUT2D eigenvalue weighted by Gasteiger charge is -2.19. The fraction of sp³-hybridized carbons (Fsp3) is 0.857. The first-order chi connectivity index (χ1) is 6.85. The van der Waals surface area contributed by atoms with Crippen molar-refractivity contribution in [3.8, 4) is 0 Å². The summed E-state index contributed by atoms with van der Waals surface area (Å²) in [6, 6.07) is 0. The monoisotopic (exact) mass is 232 g/mol. The Morgan fingerprint density at radius 2 is 2.07 bits per heavy atom. The number of hydrogen-bond donors (Lipinski definition) is 2. The molecule has 0 fully saturated rings. The molecule has 0 aliphatic carbocycles. The Hall–Kier alpha value is -1.05. The zero-order valence-corrected chi connectivity index (χ0v) is 7.96. The molecule has 0 heterocycles. The number of hydrogen-bond acceptors (Lipinski definition) is 3. The molecule has 1 atom stereocenters. The number of alkyl halides is 4. The van der Waals surface area contributed by atoms with E-state index >= 15 is 0 Å². The molecule has 0 saturated heterocycles. The third kappa shape index (κ3) is 4.32. The second-order valence-corrected chi connectivity index (χ2v) is 2.79. The smallest absolute Gasteiger partial charge is 0.330 e. The second kappa shape index (κ2) is 5.74. The quantitative estimate of drug-likeness (QED) is 0.239. The van der Waals surface area contributed by atoms with E-state index in [0.717, 1.165) is 0 Å². The minimum atomic E-state index is -4.23. The molecule has 8 heteroatoms. The Morgan fingerprint density at radius 3 is 2.40 bits per heavy atom. The average molecular weight is 232 g/mol. The number of oxime groups is 1. The van der Waals surface area contributed by atoms with Crippen LogP contribution in [0.1, 0.15) is 13.3 Å². The van der Waals surface area contributed by atoms with Gasteiger partial charge in [-0.15, -0.1) is 0 Å². The van der Waals surface area contributed by atoms with Gasteiger partial charge in [-0.2, -0.15) is 8.78 Å². The molecule has 0 aromatic carbocycles. The van der Waals surface area contributed by atoms with Gasteiger partial charge in [0.05, 0.1) is 0 Å². The van der Waals surface area contributed by atoms with Crippen LogP contribution in [0.5, 0.6) is 0 Å². The van der Waals surface area contributed by atoms with Gasteiger partial charge in [0.25, 0.3) is 0 Å². The molecule has 0 bridgehead atoms. The topological polar surface area (TPSA) is 67.8 Å². The van der Waals surface area contributed by atoms with Gasteiger partial charge in [-0.1, -0.05) is 12.1 Å². The highest BCUT2D eigenvalue weighted by molar-refractivity contribution is 5.84. The van der Waals surface area contributed by atoms with Crippen molar-refractivity contribution in [1.29, 1.82) is 0 Å². The van der Waals surface area contributed by atoms with Crippen LogP contribution in [-0.4, -0.2) is 36.1 Å². The van der Waals surface area contributed by atoms with Crippen LogP contribution >= 0.6 is 0 Å². The third-order valence-electron chi connectivity index (χ3n) is 1.61. The van der Waals surface area contributed by atoms with Crippen molar-refractivity contribution in [2.45, 2.75) is 31.8 Å². The molecule has 1 unspecified atom stereocenters. The van der Waals surface area contributed by atoms with Crippen molar-refractivity contribution in [1.82, 2.24) is 0 Å². The summed E-state index contributed by atoms with van der Waals surface area (Å²) in [5.41, 5.74) is 5.08. The number of nitrogens with zero attached hydrogens (tertiary/aromatic N) is 1. The van der Waals surface area contributed by atoms with Gasteiger partial charge in [-0.05, 0) is 6.42 Å². The van der Waals surface area contributed by atoms with E-state index in [2.05, 4.69) is 9.89 Å². The standard InChI is InChI=1S/C7H12F4N2O2/c1-2-4(5(12)13-14)15-3-7(10,11)6(8)9/h4,6,14H,2-3H2,1H3,(H2,12,13). The predicted octanol–water partition coefficient (Wildman–Crippen LogP) is 1.43. The van der Waals surface area contributed by atoms with E-state index in [4.69, 9.17) is 10.9 Å². The summed E-state index contributed by atoms with van der Waals surface area (Å²) in [5, 5.41) is 10.8. The van der Waals surface area contributed by atoms with E-state index in [9.17, 15) is 17.6 Å². The fourth-order valence-electron chi connectivity index (χ4n) is 0.751. The number of nitrogens with two attached hydrogens (primary N) is 1. The van der Waals surface area contributed by atoms with Crippen LogP contribution in [0.4, 0.5) is 17.6 Å². The van der Waals surface area contributed by atoms with E-state index in [-0.39, 0.29) is 6.42 Å². The van der Waals surface area contributed by atoms with Gasteiger partial charge in [0.2, 0.25) is 0 Å². The summed E-state index contributed by atoms with van der Waals surface area (Å²) in [6.07, 6.45) is -4.77. The molecule has 0 aliphatic rings. The maximum atomic E-state index is 12.4. The van der Waals surface area contributed by atoms with Crippen LogP contribution in [0, 0.1) is 0 Å². The van der Waals surface area contributed by atoms with Gasteiger partial charge in [0.1, 0.15) is 12.7 Å². The molecule has 0 spiro atoms. The molecule has 0 amide bonds. The largest absolute Gasteiger partial charge is 0.409 e. The highest BCUT2D eigenvalue weighted by Gasteiger charge is 2.41. The number of rotatable bonds is 6. The normalized spacial score (nSPS) is 15.7. The SMILES string of the molecule is CCC(OCC(F)(F)C(F)F)C(N)=NO. The van der Waals surface area contributed by atoms with Crippen LogP contribution in [0.15, 0.2) is 5.16 Å². The molecule has 0 aromatic heterocycles. The molecule has 4 nitrogen and oxygen atoms in total. The lowest BCUT2D eigenvalue weighted by molar-refractivity contribution is -0.170. The fourth-order valence-corrected chi connectivity index (χ4v) is 0.751. The predicted molar refractivity (Wildman–Crippen MR) is 44.4 cm³/mol. The molecule has 90 valence electrons. The van der Waals surface area contributed by atoms with E-state index in [0.29, 0.717) is 0 Å². The molecule has 3 N–H and O–H groups in total. The lowest BCUT2D eigenvalue weighted by Crippen LogP contribution is -2.38.